The zero-order valence-corrected chi connectivity index (χ0v) is 17.0. The summed E-state index contributed by atoms with van der Waals surface area (Å²) in [7, 11) is 1.77. The Kier molecular flexibility index (Phi) is 4.50. The third kappa shape index (κ3) is 2.80. The Bertz CT molecular complexity index is 1010. The first kappa shape index (κ1) is 18.4. The number of nitrogen functional groups attached to an aromatic ring is 1. The van der Waals surface area contributed by atoms with Crippen molar-refractivity contribution in [3.8, 4) is 22.1 Å². The lowest BCUT2D eigenvalue weighted by atomic mass is 10.1. The number of fused-ring (bicyclic) bond motifs is 1. The molecule has 28 heavy (non-hydrogen) atoms. The van der Waals surface area contributed by atoms with Crippen LogP contribution in [0.15, 0.2) is 18.5 Å². The molecule has 4 rings (SSSR count). The lowest BCUT2D eigenvalue weighted by Gasteiger charge is -2.42. The van der Waals surface area contributed by atoms with E-state index in [-0.39, 0.29) is 18.0 Å². The van der Waals surface area contributed by atoms with Crippen LogP contribution in [-0.4, -0.2) is 50.2 Å². The third-order valence-corrected chi connectivity index (χ3v) is 5.73. The van der Waals surface area contributed by atoms with Crippen molar-refractivity contribution in [2.45, 2.75) is 39.3 Å². The zero-order chi connectivity index (χ0) is 20.0. The normalized spacial score (nSPS) is 16.8. The Morgan fingerprint density at radius 1 is 1.36 bits per heavy atom. The van der Waals surface area contributed by atoms with Gasteiger partial charge in [0.2, 0.25) is 5.91 Å². The number of hydrogen-bond donors (Lipinski definition) is 2. The van der Waals surface area contributed by atoms with Gasteiger partial charge in [0, 0.05) is 19.3 Å². The Morgan fingerprint density at radius 3 is 2.79 bits per heavy atom. The van der Waals surface area contributed by atoms with Crippen molar-refractivity contribution in [1.29, 1.82) is 0 Å². The van der Waals surface area contributed by atoms with Gasteiger partial charge in [0.1, 0.15) is 22.3 Å². The van der Waals surface area contributed by atoms with E-state index in [1.54, 1.807) is 24.3 Å². The lowest BCUT2D eigenvalue weighted by Crippen LogP contribution is -2.54. The largest absolute Gasteiger partial charge is 0.375 e. The van der Waals surface area contributed by atoms with Crippen LogP contribution in [0.4, 0.5) is 16.6 Å². The fraction of sp³-hybridized carbons (Fsp3) is 0.389. The standard InChI is InChI=1S/C18H22N8OS/c1-5-11-17(27)25(4)12-8-20-15(23-16(12)26(11)9(2)3)14-13(22-18(19)28-14)10-6-7-21-24-10/h6-9,11H,5H2,1-4H3,(H2,19,22)(H,21,24)/t11-/m1/s1. The van der Waals surface area contributed by atoms with Crippen LogP contribution >= 0.6 is 11.3 Å². The lowest BCUT2D eigenvalue weighted by molar-refractivity contribution is -0.120. The number of aromatic nitrogens is 5. The number of nitrogens with zero attached hydrogens (tertiary/aromatic N) is 6. The average Bonchev–Trinajstić information content (AvgIpc) is 3.33. The number of amides is 1. The maximum absolute atomic E-state index is 12.8. The van der Waals surface area contributed by atoms with Crippen molar-refractivity contribution in [1.82, 2.24) is 25.1 Å². The van der Waals surface area contributed by atoms with Crippen molar-refractivity contribution >= 4 is 33.9 Å². The molecule has 1 aliphatic heterocycles. The van der Waals surface area contributed by atoms with Gasteiger partial charge in [0.05, 0.1) is 11.9 Å². The number of rotatable bonds is 4. The van der Waals surface area contributed by atoms with Crippen molar-refractivity contribution in [3.05, 3.63) is 18.5 Å². The molecule has 10 heteroatoms. The molecule has 0 fully saturated rings. The summed E-state index contributed by atoms with van der Waals surface area (Å²) in [5, 5.41) is 7.34. The molecule has 0 saturated carbocycles. The molecule has 0 aromatic carbocycles. The van der Waals surface area contributed by atoms with Gasteiger partial charge >= 0.3 is 0 Å². The number of likely N-dealkylation sites (N-methyl/N-ethyl adjacent to an activating group) is 1. The second kappa shape index (κ2) is 6.86. The minimum atomic E-state index is -0.251. The van der Waals surface area contributed by atoms with Crippen LogP contribution in [0.25, 0.3) is 22.1 Å². The van der Waals surface area contributed by atoms with Gasteiger partial charge in [-0.25, -0.2) is 15.0 Å². The summed E-state index contributed by atoms with van der Waals surface area (Å²) in [5.74, 6) is 1.33. The van der Waals surface area contributed by atoms with Gasteiger partial charge in [-0.05, 0) is 26.3 Å². The second-order valence-electron chi connectivity index (χ2n) is 6.92. The van der Waals surface area contributed by atoms with E-state index in [2.05, 4.69) is 38.9 Å². The van der Waals surface area contributed by atoms with Gasteiger partial charge in [-0.2, -0.15) is 5.10 Å². The first-order valence-corrected chi connectivity index (χ1v) is 9.93. The maximum atomic E-state index is 12.8. The third-order valence-electron chi connectivity index (χ3n) is 4.85. The minimum Gasteiger partial charge on any atom is -0.375 e. The molecule has 0 bridgehead atoms. The highest BCUT2D eigenvalue weighted by Gasteiger charge is 2.38. The van der Waals surface area contributed by atoms with Gasteiger partial charge in [0.15, 0.2) is 16.8 Å². The topological polar surface area (TPSA) is 117 Å². The van der Waals surface area contributed by atoms with Gasteiger partial charge in [-0.3, -0.25) is 9.89 Å². The highest BCUT2D eigenvalue weighted by atomic mass is 32.1. The first-order chi connectivity index (χ1) is 13.4. The molecule has 146 valence electrons. The molecular formula is C18H22N8OS. The van der Waals surface area contributed by atoms with Crippen LogP contribution in [-0.2, 0) is 4.79 Å². The quantitative estimate of drug-likeness (QED) is 0.693. The molecule has 4 heterocycles. The van der Waals surface area contributed by atoms with Gasteiger partial charge in [-0.1, -0.05) is 18.3 Å². The monoisotopic (exact) mass is 398 g/mol. The van der Waals surface area contributed by atoms with Crippen LogP contribution in [0.2, 0.25) is 0 Å². The van der Waals surface area contributed by atoms with E-state index >= 15 is 0 Å². The fourth-order valence-electron chi connectivity index (χ4n) is 3.55. The number of aromatic amines is 1. The molecule has 0 aliphatic carbocycles. The summed E-state index contributed by atoms with van der Waals surface area (Å²) in [5.41, 5.74) is 8.10. The first-order valence-electron chi connectivity index (χ1n) is 9.11. The van der Waals surface area contributed by atoms with E-state index in [0.717, 1.165) is 16.4 Å². The minimum absolute atomic E-state index is 0.0558. The van der Waals surface area contributed by atoms with E-state index in [4.69, 9.17) is 10.7 Å². The number of carbonyl (C=O) groups is 1. The average molecular weight is 398 g/mol. The highest BCUT2D eigenvalue weighted by Crippen LogP contribution is 2.40. The number of carbonyl (C=O) groups excluding carboxylic acids is 1. The van der Waals surface area contributed by atoms with Crippen LogP contribution < -0.4 is 15.5 Å². The van der Waals surface area contributed by atoms with Crippen LogP contribution in [0.3, 0.4) is 0 Å². The molecule has 1 atom stereocenters. The van der Waals surface area contributed by atoms with Gasteiger partial charge in [-0.15, -0.1) is 0 Å². The van der Waals surface area contributed by atoms with Gasteiger partial charge in [0.25, 0.3) is 0 Å². The van der Waals surface area contributed by atoms with Crippen molar-refractivity contribution in [2.75, 3.05) is 22.6 Å². The Morgan fingerprint density at radius 2 is 2.14 bits per heavy atom. The molecule has 3 aromatic rings. The number of thiazole rings is 1. The molecule has 1 amide bonds. The van der Waals surface area contributed by atoms with E-state index in [0.29, 0.717) is 28.8 Å². The molecule has 0 radical (unpaired) electrons. The Hall–Kier alpha value is -3.01. The summed E-state index contributed by atoms with van der Waals surface area (Å²) in [6, 6.07) is 1.69. The van der Waals surface area contributed by atoms with Crippen LogP contribution in [0.1, 0.15) is 27.2 Å². The van der Waals surface area contributed by atoms with E-state index in [9.17, 15) is 4.79 Å². The number of nitrogens with two attached hydrogens (primary N) is 1. The van der Waals surface area contributed by atoms with Crippen molar-refractivity contribution in [2.24, 2.45) is 0 Å². The number of hydrogen-bond acceptors (Lipinski definition) is 8. The summed E-state index contributed by atoms with van der Waals surface area (Å²) < 4.78 is 0. The van der Waals surface area contributed by atoms with Crippen molar-refractivity contribution < 1.29 is 4.79 Å². The van der Waals surface area contributed by atoms with Crippen LogP contribution in [0.5, 0.6) is 0 Å². The predicted molar refractivity (Wildman–Crippen MR) is 110 cm³/mol. The molecule has 1 aliphatic rings. The highest BCUT2D eigenvalue weighted by molar-refractivity contribution is 7.19. The summed E-state index contributed by atoms with van der Waals surface area (Å²) in [6.07, 6.45) is 4.06. The molecule has 0 saturated heterocycles. The SMILES string of the molecule is CC[C@@H]1C(=O)N(C)c2cnc(-c3sc(N)nc3-c3ccn[nH]3)nc2N1C(C)C. The molecule has 9 nitrogen and oxygen atoms in total. The molecular weight excluding hydrogens is 376 g/mol. The maximum Gasteiger partial charge on any atom is 0.249 e. The van der Waals surface area contributed by atoms with Gasteiger partial charge < -0.3 is 15.5 Å². The summed E-state index contributed by atoms with van der Waals surface area (Å²) >= 11 is 1.33. The molecule has 0 spiro atoms. The molecule has 3 N–H and O–H groups in total. The number of nitrogens with one attached hydrogen (secondary N) is 1. The zero-order valence-electron chi connectivity index (χ0n) is 16.2. The number of H-pyrrole nitrogens is 1. The van der Waals surface area contributed by atoms with Crippen LogP contribution in [0, 0.1) is 0 Å². The smallest absolute Gasteiger partial charge is 0.249 e. The van der Waals surface area contributed by atoms with E-state index in [1.165, 1.54) is 11.3 Å². The fourth-order valence-corrected chi connectivity index (χ4v) is 4.33. The second-order valence-corrected chi connectivity index (χ2v) is 7.96. The Balaban J connectivity index is 1.88. The summed E-state index contributed by atoms with van der Waals surface area (Å²) in [6.45, 7) is 6.14. The van der Waals surface area contributed by atoms with E-state index < -0.39 is 0 Å². The number of anilines is 3. The summed E-state index contributed by atoms with van der Waals surface area (Å²) in [4.78, 5) is 31.1. The predicted octanol–water partition coefficient (Wildman–Crippen LogP) is 2.54. The molecule has 3 aromatic heterocycles. The van der Waals surface area contributed by atoms with Crippen molar-refractivity contribution in [3.63, 3.8) is 0 Å². The molecule has 0 unspecified atom stereocenters. The Labute approximate surface area is 166 Å². The van der Waals surface area contributed by atoms with E-state index in [1.807, 2.05) is 13.0 Å².